The van der Waals surface area contributed by atoms with Crippen molar-refractivity contribution in [2.45, 2.75) is 25.4 Å². The van der Waals surface area contributed by atoms with Crippen molar-refractivity contribution in [2.75, 3.05) is 13.1 Å². The van der Waals surface area contributed by atoms with Gasteiger partial charge < -0.3 is 5.32 Å². The summed E-state index contributed by atoms with van der Waals surface area (Å²) in [6, 6.07) is 18.9. The van der Waals surface area contributed by atoms with E-state index >= 15 is 0 Å². The number of benzene rings is 2. The Labute approximate surface area is 151 Å². The molecule has 3 nitrogen and oxygen atoms in total. The Hall–Kier alpha value is -1.40. The molecular weight excluding hydrogens is 399 g/mol. The molecule has 23 heavy (non-hydrogen) atoms. The average molecular weight is 420 g/mol. The molecule has 0 aromatic heterocycles. The molecule has 1 saturated heterocycles. The third-order valence-electron chi connectivity index (χ3n) is 4.49. The van der Waals surface area contributed by atoms with Crippen molar-refractivity contribution in [3.63, 3.8) is 0 Å². The number of hydrogen-bond donors (Lipinski definition) is 1. The topological polar surface area (TPSA) is 32.3 Å². The Balaban J connectivity index is 1.57. The van der Waals surface area contributed by atoms with Crippen LogP contribution in [0.4, 0.5) is 0 Å². The van der Waals surface area contributed by atoms with Gasteiger partial charge in [-0.15, -0.1) is 0 Å². The summed E-state index contributed by atoms with van der Waals surface area (Å²) >= 11 is 2.25. The molecular formula is C19H21IN2O. The van der Waals surface area contributed by atoms with Crippen LogP contribution in [-0.4, -0.2) is 29.9 Å². The first-order chi connectivity index (χ1) is 11.1. The lowest BCUT2D eigenvalue weighted by molar-refractivity contribution is 0.0936. The van der Waals surface area contributed by atoms with Gasteiger partial charge in [0, 0.05) is 34.3 Å². The van der Waals surface area contributed by atoms with Gasteiger partial charge in [-0.25, -0.2) is 0 Å². The van der Waals surface area contributed by atoms with Gasteiger partial charge in [-0.2, -0.15) is 0 Å². The van der Waals surface area contributed by atoms with Crippen molar-refractivity contribution < 1.29 is 4.79 Å². The van der Waals surface area contributed by atoms with E-state index in [9.17, 15) is 4.79 Å². The van der Waals surface area contributed by atoms with E-state index in [2.05, 4.69) is 64.0 Å². The number of amides is 1. The highest BCUT2D eigenvalue weighted by Gasteiger charge is 2.27. The maximum absolute atomic E-state index is 12.3. The first-order valence-corrected chi connectivity index (χ1v) is 9.07. The van der Waals surface area contributed by atoms with Crippen molar-refractivity contribution in [3.05, 3.63) is 69.3 Å². The molecule has 1 N–H and O–H groups in total. The molecule has 120 valence electrons. The molecule has 0 bridgehead atoms. The first-order valence-electron chi connectivity index (χ1n) is 7.99. The molecule has 0 saturated carbocycles. The smallest absolute Gasteiger partial charge is 0.251 e. The van der Waals surface area contributed by atoms with Crippen LogP contribution in [0.5, 0.6) is 0 Å². The third kappa shape index (κ3) is 4.12. The predicted octanol–water partition coefficient (Wildman–Crippen LogP) is 3.86. The minimum atomic E-state index is 0.0283. The molecule has 1 aliphatic rings. The largest absolute Gasteiger partial charge is 0.348 e. The zero-order valence-electron chi connectivity index (χ0n) is 13.2. The maximum Gasteiger partial charge on any atom is 0.251 e. The van der Waals surface area contributed by atoms with Crippen LogP contribution in [0.1, 0.15) is 35.3 Å². The molecule has 1 amide bonds. The Morgan fingerprint density at radius 1 is 1.17 bits per heavy atom. The Morgan fingerprint density at radius 2 is 1.87 bits per heavy atom. The summed E-state index contributed by atoms with van der Waals surface area (Å²) in [5.74, 6) is 0.0283. The van der Waals surface area contributed by atoms with Gasteiger partial charge in [0.05, 0.1) is 0 Å². The van der Waals surface area contributed by atoms with Crippen LogP contribution >= 0.6 is 22.6 Å². The lowest BCUT2D eigenvalue weighted by Gasteiger charge is -2.24. The van der Waals surface area contributed by atoms with Crippen molar-refractivity contribution in [1.82, 2.24) is 10.2 Å². The minimum absolute atomic E-state index is 0.0283. The maximum atomic E-state index is 12.3. The summed E-state index contributed by atoms with van der Waals surface area (Å²) in [4.78, 5) is 14.8. The van der Waals surface area contributed by atoms with E-state index in [1.807, 2.05) is 30.3 Å². The normalized spacial score (nSPS) is 19.5. The van der Waals surface area contributed by atoms with Crippen molar-refractivity contribution in [3.8, 4) is 0 Å². The third-order valence-corrected chi connectivity index (χ3v) is 5.21. The van der Waals surface area contributed by atoms with Crippen LogP contribution in [0.3, 0.4) is 0 Å². The molecule has 0 radical (unpaired) electrons. The van der Waals surface area contributed by atoms with Gasteiger partial charge in [0.2, 0.25) is 0 Å². The van der Waals surface area contributed by atoms with E-state index in [0.29, 0.717) is 6.04 Å². The van der Waals surface area contributed by atoms with Gasteiger partial charge in [0.1, 0.15) is 0 Å². The minimum Gasteiger partial charge on any atom is -0.348 e. The summed E-state index contributed by atoms with van der Waals surface area (Å²) < 4.78 is 1.14. The van der Waals surface area contributed by atoms with E-state index in [-0.39, 0.29) is 11.9 Å². The monoisotopic (exact) mass is 420 g/mol. The molecule has 0 aliphatic carbocycles. The second-order valence-electron chi connectivity index (χ2n) is 6.05. The number of carbonyl (C=O) groups excluding carboxylic acids is 1. The van der Waals surface area contributed by atoms with Crippen molar-refractivity contribution in [1.29, 1.82) is 0 Å². The van der Waals surface area contributed by atoms with Crippen LogP contribution in [0.15, 0.2) is 54.6 Å². The SMILES string of the molecule is CC(c1ccccc1)N1CCC(NC(=O)c2ccc(I)cc2)C1. The summed E-state index contributed by atoms with van der Waals surface area (Å²) in [5.41, 5.74) is 2.07. The summed E-state index contributed by atoms with van der Waals surface area (Å²) in [5, 5.41) is 3.17. The van der Waals surface area contributed by atoms with Crippen LogP contribution in [0.25, 0.3) is 0 Å². The number of halogens is 1. The number of likely N-dealkylation sites (tertiary alicyclic amines) is 1. The molecule has 2 unspecified atom stereocenters. The Morgan fingerprint density at radius 3 is 2.57 bits per heavy atom. The second-order valence-corrected chi connectivity index (χ2v) is 7.29. The molecule has 1 heterocycles. The van der Waals surface area contributed by atoms with Gasteiger partial charge in [0.25, 0.3) is 5.91 Å². The number of carbonyl (C=O) groups is 1. The molecule has 4 heteroatoms. The molecule has 0 spiro atoms. The highest BCUT2D eigenvalue weighted by atomic mass is 127. The second kappa shape index (κ2) is 7.45. The molecule has 1 aliphatic heterocycles. The lowest BCUT2D eigenvalue weighted by atomic mass is 10.1. The highest BCUT2D eigenvalue weighted by Crippen LogP contribution is 2.24. The average Bonchev–Trinajstić information content (AvgIpc) is 3.04. The van der Waals surface area contributed by atoms with E-state index in [1.165, 1.54) is 5.56 Å². The Kier molecular flexibility index (Phi) is 5.33. The summed E-state index contributed by atoms with van der Waals surface area (Å²) in [7, 11) is 0. The molecule has 2 aromatic carbocycles. The Bertz CT molecular complexity index is 657. The van der Waals surface area contributed by atoms with Gasteiger partial charge in [0.15, 0.2) is 0 Å². The first kappa shape index (κ1) is 16.5. The van der Waals surface area contributed by atoms with E-state index in [1.54, 1.807) is 0 Å². The summed E-state index contributed by atoms with van der Waals surface area (Å²) in [6.45, 7) is 4.17. The van der Waals surface area contributed by atoms with E-state index in [4.69, 9.17) is 0 Å². The number of nitrogens with zero attached hydrogens (tertiary/aromatic N) is 1. The fourth-order valence-corrected chi connectivity index (χ4v) is 3.43. The lowest BCUT2D eigenvalue weighted by Crippen LogP contribution is -2.37. The van der Waals surface area contributed by atoms with Crippen LogP contribution < -0.4 is 5.32 Å². The molecule has 2 aromatic rings. The van der Waals surface area contributed by atoms with Crippen LogP contribution in [0.2, 0.25) is 0 Å². The van der Waals surface area contributed by atoms with E-state index < -0.39 is 0 Å². The van der Waals surface area contributed by atoms with Crippen molar-refractivity contribution >= 4 is 28.5 Å². The zero-order valence-corrected chi connectivity index (χ0v) is 15.4. The fraction of sp³-hybridized carbons (Fsp3) is 0.316. The standard InChI is InChI=1S/C19H21IN2O/c1-14(15-5-3-2-4-6-15)22-12-11-18(13-22)21-19(23)16-7-9-17(20)10-8-16/h2-10,14,18H,11-13H2,1H3,(H,21,23). The number of rotatable bonds is 4. The summed E-state index contributed by atoms with van der Waals surface area (Å²) in [6.07, 6.45) is 1.01. The van der Waals surface area contributed by atoms with Crippen molar-refractivity contribution in [2.24, 2.45) is 0 Å². The van der Waals surface area contributed by atoms with Gasteiger partial charge >= 0.3 is 0 Å². The van der Waals surface area contributed by atoms with Crippen LogP contribution in [-0.2, 0) is 0 Å². The quantitative estimate of drug-likeness (QED) is 0.763. The molecule has 2 atom stereocenters. The number of nitrogens with one attached hydrogen (secondary N) is 1. The zero-order chi connectivity index (χ0) is 16.2. The van der Waals surface area contributed by atoms with E-state index in [0.717, 1.165) is 28.6 Å². The number of hydrogen-bond acceptors (Lipinski definition) is 2. The van der Waals surface area contributed by atoms with Crippen LogP contribution in [0, 0.1) is 3.57 Å². The highest BCUT2D eigenvalue weighted by molar-refractivity contribution is 14.1. The molecule has 1 fully saturated rings. The van der Waals surface area contributed by atoms with Gasteiger partial charge in [-0.3, -0.25) is 9.69 Å². The van der Waals surface area contributed by atoms with Gasteiger partial charge in [-0.05, 0) is 65.8 Å². The predicted molar refractivity (Wildman–Crippen MR) is 101 cm³/mol. The molecule has 3 rings (SSSR count). The fourth-order valence-electron chi connectivity index (χ4n) is 3.07. The van der Waals surface area contributed by atoms with Gasteiger partial charge in [-0.1, -0.05) is 30.3 Å².